The maximum Gasteiger partial charge on any atom is 0.216 e. The largest absolute Gasteiger partial charge is 0.496 e. The second-order valence-corrected chi connectivity index (χ2v) is 7.29. The number of halogens is 1. The maximum atomic E-state index is 5.76. The van der Waals surface area contributed by atoms with Crippen LogP contribution < -0.4 is 9.47 Å². The van der Waals surface area contributed by atoms with Gasteiger partial charge in [0.25, 0.3) is 0 Å². The van der Waals surface area contributed by atoms with Crippen LogP contribution in [-0.4, -0.2) is 34.3 Å². The predicted molar refractivity (Wildman–Crippen MR) is 112 cm³/mol. The molecule has 0 spiro atoms. The molecule has 140 valence electrons. The van der Waals surface area contributed by atoms with E-state index < -0.39 is 0 Å². The van der Waals surface area contributed by atoms with Crippen LogP contribution in [0.3, 0.4) is 0 Å². The molecule has 0 saturated carbocycles. The lowest BCUT2D eigenvalue weighted by Gasteiger charge is -2.10. The van der Waals surface area contributed by atoms with E-state index in [1.807, 2.05) is 56.3 Å². The Morgan fingerprint density at radius 3 is 2.81 bits per heavy atom. The predicted octanol–water partition coefficient (Wildman–Crippen LogP) is 5.05. The van der Waals surface area contributed by atoms with Gasteiger partial charge in [-0.3, -0.25) is 0 Å². The normalized spacial score (nSPS) is 11.3. The van der Waals surface area contributed by atoms with Gasteiger partial charge in [-0.1, -0.05) is 28.1 Å². The first kappa shape index (κ1) is 19.3. The van der Waals surface area contributed by atoms with Gasteiger partial charge in [0, 0.05) is 15.6 Å². The van der Waals surface area contributed by atoms with Crippen LogP contribution in [0, 0.1) is 4.77 Å². The molecule has 0 radical (unpaired) electrons. The molecule has 0 aliphatic carbocycles. The molecule has 0 fully saturated rings. The van der Waals surface area contributed by atoms with Crippen LogP contribution in [0.5, 0.6) is 11.5 Å². The molecule has 6 nitrogen and oxygen atoms in total. The van der Waals surface area contributed by atoms with Crippen molar-refractivity contribution < 1.29 is 9.47 Å². The van der Waals surface area contributed by atoms with E-state index in [1.165, 1.54) is 0 Å². The quantitative estimate of drug-likeness (QED) is 0.425. The van der Waals surface area contributed by atoms with E-state index in [1.54, 1.807) is 18.0 Å². The summed E-state index contributed by atoms with van der Waals surface area (Å²) in [6, 6.07) is 13.4. The Kier molecular flexibility index (Phi) is 6.08. The van der Waals surface area contributed by atoms with Gasteiger partial charge in [-0.25, -0.2) is 5.10 Å². The van der Waals surface area contributed by atoms with Crippen molar-refractivity contribution >= 4 is 34.4 Å². The lowest BCUT2D eigenvalue weighted by atomic mass is 10.2. The summed E-state index contributed by atoms with van der Waals surface area (Å²) in [6.07, 6.45) is 1.77. The molecule has 0 bridgehead atoms. The minimum atomic E-state index is 0.0862. The SMILES string of the molecule is COc1ccc(Br)cc1/C=N/n1c(-c2cccc(OC(C)C)c2)n[nH]c1=S. The van der Waals surface area contributed by atoms with Gasteiger partial charge in [0.15, 0.2) is 5.82 Å². The Balaban J connectivity index is 1.99. The van der Waals surface area contributed by atoms with Crippen molar-refractivity contribution in [2.75, 3.05) is 7.11 Å². The van der Waals surface area contributed by atoms with Crippen molar-refractivity contribution in [3.05, 3.63) is 57.3 Å². The van der Waals surface area contributed by atoms with Crippen LogP contribution in [0.2, 0.25) is 0 Å². The van der Waals surface area contributed by atoms with E-state index in [4.69, 9.17) is 21.7 Å². The molecule has 3 aromatic rings. The van der Waals surface area contributed by atoms with Gasteiger partial charge in [-0.15, -0.1) is 0 Å². The highest BCUT2D eigenvalue weighted by Crippen LogP contribution is 2.24. The molecular formula is C19H19BrN4O2S. The molecular weight excluding hydrogens is 428 g/mol. The second kappa shape index (κ2) is 8.49. The number of rotatable bonds is 6. The fourth-order valence-electron chi connectivity index (χ4n) is 2.49. The van der Waals surface area contributed by atoms with Crippen LogP contribution in [0.1, 0.15) is 19.4 Å². The Bertz CT molecular complexity index is 1030. The molecule has 0 aliphatic rings. The van der Waals surface area contributed by atoms with Crippen LogP contribution >= 0.6 is 28.1 Å². The van der Waals surface area contributed by atoms with E-state index in [2.05, 4.69) is 31.2 Å². The molecule has 1 heterocycles. The molecule has 1 N–H and O–H groups in total. The number of hydrogen-bond acceptors (Lipinski definition) is 5. The molecule has 0 aliphatic heterocycles. The van der Waals surface area contributed by atoms with Crippen molar-refractivity contribution in [3.8, 4) is 22.9 Å². The van der Waals surface area contributed by atoms with Crippen molar-refractivity contribution in [3.63, 3.8) is 0 Å². The first-order chi connectivity index (χ1) is 13.0. The molecule has 0 unspecified atom stereocenters. The summed E-state index contributed by atoms with van der Waals surface area (Å²) in [5.41, 5.74) is 1.66. The van der Waals surface area contributed by atoms with E-state index in [0.29, 0.717) is 16.3 Å². The Hall–Kier alpha value is -2.45. The number of H-pyrrole nitrogens is 1. The van der Waals surface area contributed by atoms with Crippen molar-refractivity contribution in [1.29, 1.82) is 0 Å². The summed E-state index contributed by atoms with van der Waals surface area (Å²) in [4.78, 5) is 0. The Morgan fingerprint density at radius 2 is 2.07 bits per heavy atom. The monoisotopic (exact) mass is 446 g/mol. The van der Waals surface area contributed by atoms with Crippen LogP contribution in [0.4, 0.5) is 0 Å². The van der Waals surface area contributed by atoms with Crippen LogP contribution in [-0.2, 0) is 0 Å². The molecule has 2 aromatic carbocycles. The number of ether oxygens (including phenoxy) is 2. The average Bonchev–Trinajstić information content (AvgIpc) is 3.00. The zero-order valence-electron chi connectivity index (χ0n) is 15.1. The second-order valence-electron chi connectivity index (χ2n) is 5.99. The Morgan fingerprint density at radius 1 is 1.26 bits per heavy atom. The fourth-order valence-corrected chi connectivity index (χ4v) is 3.05. The molecule has 8 heteroatoms. The molecule has 3 rings (SSSR count). The molecule has 0 amide bonds. The van der Waals surface area contributed by atoms with Gasteiger partial charge in [0.05, 0.1) is 19.4 Å². The van der Waals surface area contributed by atoms with E-state index in [0.717, 1.165) is 21.3 Å². The number of aromatic amines is 1. The first-order valence-corrected chi connectivity index (χ1v) is 9.50. The minimum absolute atomic E-state index is 0.0862. The molecule has 27 heavy (non-hydrogen) atoms. The van der Waals surface area contributed by atoms with Gasteiger partial charge < -0.3 is 9.47 Å². The minimum Gasteiger partial charge on any atom is -0.496 e. The topological polar surface area (TPSA) is 64.4 Å². The van der Waals surface area contributed by atoms with Crippen molar-refractivity contribution in [2.24, 2.45) is 5.10 Å². The fraction of sp³-hybridized carbons (Fsp3) is 0.211. The number of aromatic nitrogens is 3. The van der Waals surface area contributed by atoms with Crippen molar-refractivity contribution in [2.45, 2.75) is 20.0 Å². The zero-order valence-corrected chi connectivity index (χ0v) is 17.5. The number of methoxy groups -OCH3 is 1. The molecule has 0 atom stereocenters. The van der Waals surface area contributed by atoms with E-state index in [9.17, 15) is 0 Å². The smallest absolute Gasteiger partial charge is 0.216 e. The number of benzene rings is 2. The lowest BCUT2D eigenvalue weighted by molar-refractivity contribution is 0.242. The van der Waals surface area contributed by atoms with E-state index >= 15 is 0 Å². The van der Waals surface area contributed by atoms with Crippen molar-refractivity contribution in [1.82, 2.24) is 14.9 Å². The first-order valence-electron chi connectivity index (χ1n) is 8.30. The van der Waals surface area contributed by atoms with Gasteiger partial charge in [-0.05, 0) is 56.4 Å². The van der Waals surface area contributed by atoms with Gasteiger partial charge in [0.2, 0.25) is 4.77 Å². The van der Waals surface area contributed by atoms with Crippen LogP contribution in [0.25, 0.3) is 11.4 Å². The summed E-state index contributed by atoms with van der Waals surface area (Å²) in [7, 11) is 1.62. The number of hydrogen-bond donors (Lipinski definition) is 1. The van der Waals surface area contributed by atoms with Gasteiger partial charge in [0.1, 0.15) is 11.5 Å². The van der Waals surface area contributed by atoms with Crippen LogP contribution in [0.15, 0.2) is 52.0 Å². The number of nitrogens with one attached hydrogen (secondary N) is 1. The summed E-state index contributed by atoms with van der Waals surface area (Å²) < 4.78 is 14.0. The maximum absolute atomic E-state index is 5.76. The van der Waals surface area contributed by atoms with Gasteiger partial charge >= 0.3 is 0 Å². The third-order valence-electron chi connectivity index (χ3n) is 3.62. The summed E-state index contributed by atoms with van der Waals surface area (Å²) >= 11 is 8.80. The molecule has 0 saturated heterocycles. The summed E-state index contributed by atoms with van der Waals surface area (Å²) in [5.74, 6) is 2.07. The lowest BCUT2D eigenvalue weighted by Crippen LogP contribution is -2.05. The molecule has 1 aromatic heterocycles. The standard InChI is InChI=1S/C19H19BrN4O2S/c1-12(2)26-16-6-4-5-13(10-16)18-22-23-19(27)24(18)21-11-14-9-15(20)7-8-17(14)25-3/h4-12H,1-3H3,(H,23,27)/b21-11+. The summed E-state index contributed by atoms with van der Waals surface area (Å²) in [6.45, 7) is 3.97. The zero-order chi connectivity index (χ0) is 19.4. The summed E-state index contributed by atoms with van der Waals surface area (Å²) in [5, 5.41) is 11.6. The highest BCUT2D eigenvalue weighted by Gasteiger charge is 2.10. The third-order valence-corrected chi connectivity index (χ3v) is 4.38. The Labute approximate surface area is 171 Å². The van der Waals surface area contributed by atoms with Gasteiger partial charge in [-0.2, -0.15) is 14.9 Å². The van der Waals surface area contributed by atoms with E-state index in [-0.39, 0.29) is 6.10 Å². The highest BCUT2D eigenvalue weighted by molar-refractivity contribution is 9.10. The third kappa shape index (κ3) is 4.64. The number of nitrogens with zero attached hydrogens (tertiary/aromatic N) is 3. The highest BCUT2D eigenvalue weighted by atomic mass is 79.9. The average molecular weight is 447 g/mol.